The molecule has 1 unspecified atom stereocenters. The predicted octanol–water partition coefficient (Wildman–Crippen LogP) is 1.93. The largest absolute Gasteiger partial charge is 0.481 e. The third-order valence-electron chi connectivity index (χ3n) is 3.92. The molecule has 0 saturated heterocycles. The molecule has 2 amide bonds. The number of nitrogens with one attached hydrogen (secondary N) is 2. The molecule has 26 heavy (non-hydrogen) atoms. The number of hydrazine groups is 1. The molecule has 0 aliphatic carbocycles. The topological polar surface area (TPSA) is 106 Å². The van der Waals surface area contributed by atoms with Gasteiger partial charge >= 0.3 is 0 Å². The van der Waals surface area contributed by atoms with E-state index in [2.05, 4.69) is 21.0 Å². The fourth-order valence-corrected chi connectivity index (χ4v) is 2.23. The standard InChI is InChI=1S/C18H24N4O4/c1-11-7-5-8-15(12(11)2)25-13(3)18(24)21-20-16(23)9-6-10-17-19-14(4)22-26-17/h5,7-8,13H,6,9-10H2,1-4H3,(H,20,23)(H,21,24). The monoisotopic (exact) mass is 360 g/mol. The van der Waals surface area contributed by atoms with Crippen LogP contribution in [-0.4, -0.2) is 28.1 Å². The number of carbonyl (C=O) groups is 2. The minimum absolute atomic E-state index is 0.230. The van der Waals surface area contributed by atoms with Gasteiger partial charge in [-0.15, -0.1) is 0 Å². The molecule has 140 valence electrons. The maximum absolute atomic E-state index is 12.1. The Morgan fingerprint density at radius 1 is 1.23 bits per heavy atom. The van der Waals surface area contributed by atoms with Gasteiger partial charge in [-0.3, -0.25) is 20.4 Å². The van der Waals surface area contributed by atoms with Crippen molar-refractivity contribution in [3.8, 4) is 5.75 Å². The highest BCUT2D eigenvalue weighted by atomic mass is 16.5. The molecule has 2 rings (SSSR count). The van der Waals surface area contributed by atoms with Crippen molar-refractivity contribution in [2.75, 3.05) is 0 Å². The first-order valence-electron chi connectivity index (χ1n) is 8.47. The summed E-state index contributed by atoms with van der Waals surface area (Å²) in [5, 5.41) is 3.68. The molecule has 0 radical (unpaired) electrons. The van der Waals surface area contributed by atoms with Crippen LogP contribution >= 0.6 is 0 Å². The molecule has 2 N–H and O–H groups in total. The molecule has 1 aromatic carbocycles. The fraction of sp³-hybridized carbons (Fsp3) is 0.444. The summed E-state index contributed by atoms with van der Waals surface area (Å²) in [4.78, 5) is 27.9. The minimum Gasteiger partial charge on any atom is -0.481 e. The number of aromatic nitrogens is 2. The average Bonchev–Trinajstić information content (AvgIpc) is 3.02. The first-order chi connectivity index (χ1) is 12.4. The van der Waals surface area contributed by atoms with Gasteiger partial charge in [-0.05, 0) is 51.3 Å². The van der Waals surface area contributed by atoms with E-state index in [1.807, 2.05) is 32.0 Å². The number of aryl methyl sites for hydroxylation is 3. The average molecular weight is 360 g/mol. The van der Waals surface area contributed by atoms with Crippen molar-refractivity contribution < 1.29 is 18.8 Å². The Kier molecular flexibility index (Phi) is 6.71. The van der Waals surface area contributed by atoms with E-state index in [1.54, 1.807) is 13.8 Å². The lowest BCUT2D eigenvalue weighted by Crippen LogP contribution is -2.47. The first kappa shape index (κ1) is 19.4. The molecule has 8 heteroatoms. The minimum atomic E-state index is -0.739. The van der Waals surface area contributed by atoms with Gasteiger partial charge < -0.3 is 9.26 Å². The molecule has 0 aliphatic heterocycles. The highest BCUT2D eigenvalue weighted by Gasteiger charge is 2.16. The Hall–Kier alpha value is -2.90. The third kappa shape index (κ3) is 5.58. The normalized spacial score (nSPS) is 11.7. The summed E-state index contributed by atoms with van der Waals surface area (Å²) >= 11 is 0. The molecule has 8 nitrogen and oxygen atoms in total. The van der Waals surface area contributed by atoms with E-state index < -0.39 is 12.0 Å². The number of hydrogen-bond donors (Lipinski definition) is 2. The zero-order chi connectivity index (χ0) is 19.1. The number of benzene rings is 1. The summed E-state index contributed by atoms with van der Waals surface area (Å²) in [5.41, 5.74) is 6.82. The van der Waals surface area contributed by atoms with Crippen LogP contribution in [0.1, 0.15) is 42.6 Å². The second kappa shape index (κ2) is 8.98. The number of ether oxygens (including phenoxy) is 1. The van der Waals surface area contributed by atoms with Crippen LogP contribution in [0.15, 0.2) is 22.7 Å². The lowest BCUT2D eigenvalue weighted by Gasteiger charge is -2.17. The van der Waals surface area contributed by atoms with Gasteiger partial charge in [-0.25, -0.2) is 0 Å². The number of hydrogen-bond acceptors (Lipinski definition) is 6. The molecular weight excluding hydrogens is 336 g/mol. The van der Waals surface area contributed by atoms with Crippen LogP contribution in [0.25, 0.3) is 0 Å². The van der Waals surface area contributed by atoms with Crippen molar-refractivity contribution >= 4 is 11.8 Å². The molecule has 0 saturated carbocycles. The second-order valence-electron chi connectivity index (χ2n) is 6.08. The number of amides is 2. The molecule has 1 aromatic heterocycles. The number of rotatable bonds is 7. The lowest BCUT2D eigenvalue weighted by atomic mass is 10.1. The molecule has 0 aliphatic rings. The van der Waals surface area contributed by atoms with Gasteiger partial charge in [0.1, 0.15) is 5.75 Å². The van der Waals surface area contributed by atoms with Crippen molar-refractivity contribution in [2.24, 2.45) is 0 Å². The van der Waals surface area contributed by atoms with Crippen molar-refractivity contribution in [1.82, 2.24) is 21.0 Å². The van der Waals surface area contributed by atoms with Gasteiger partial charge in [0.15, 0.2) is 11.9 Å². The van der Waals surface area contributed by atoms with Crippen LogP contribution in [0.4, 0.5) is 0 Å². The van der Waals surface area contributed by atoms with E-state index in [-0.39, 0.29) is 12.3 Å². The summed E-state index contributed by atoms with van der Waals surface area (Å²) in [5.74, 6) is 0.985. The first-order valence-corrected chi connectivity index (χ1v) is 8.47. The summed E-state index contributed by atoms with van der Waals surface area (Å²) in [6.07, 6.45) is 0.539. The SMILES string of the molecule is Cc1noc(CCCC(=O)NNC(=O)C(C)Oc2cccc(C)c2C)n1. The highest BCUT2D eigenvalue weighted by molar-refractivity contribution is 5.84. The van der Waals surface area contributed by atoms with Crippen LogP contribution in [0.3, 0.4) is 0 Å². The van der Waals surface area contributed by atoms with Crippen LogP contribution in [-0.2, 0) is 16.0 Å². The molecule has 1 heterocycles. The van der Waals surface area contributed by atoms with Gasteiger partial charge in [0, 0.05) is 12.8 Å². The number of carbonyl (C=O) groups excluding carboxylic acids is 2. The molecule has 1 atom stereocenters. The van der Waals surface area contributed by atoms with Crippen LogP contribution in [0.2, 0.25) is 0 Å². The Morgan fingerprint density at radius 2 is 2.00 bits per heavy atom. The summed E-state index contributed by atoms with van der Waals surface area (Å²) < 4.78 is 10.6. The Morgan fingerprint density at radius 3 is 2.69 bits per heavy atom. The van der Waals surface area contributed by atoms with Gasteiger partial charge in [-0.2, -0.15) is 4.98 Å². The Balaban J connectivity index is 1.71. The maximum Gasteiger partial charge on any atom is 0.279 e. The number of nitrogens with zero attached hydrogens (tertiary/aromatic N) is 2. The van der Waals surface area contributed by atoms with E-state index in [4.69, 9.17) is 9.26 Å². The van der Waals surface area contributed by atoms with E-state index in [0.29, 0.717) is 30.3 Å². The van der Waals surface area contributed by atoms with Gasteiger partial charge in [0.2, 0.25) is 11.8 Å². The van der Waals surface area contributed by atoms with Crippen LogP contribution in [0.5, 0.6) is 5.75 Å². The van der Waals surface area contributed by atoms with Crippen molar-refractivity contribution in [3.05, 3.63) is 41.0 Å². The maximum atomic E-state index is 12.1. The van der Waals surface area contributed by atoms with Gasteiger partial charge in [0.25, 0.3) is 5.91 Å². The van der Waals surface area contributed by atoms with Gasteiger partial charge in [0.05, 0.1) is 0 Å². The van der Waals surface area contributed by atoms with Crippen molar-refractivity contribution in [1.29, 1.82) is 0 Å². The predicted molar refractivity (Wildman–Crippen MR) is 94.3 cm³/mol. The summed E-state index contributed by atoms with van der Waals surface area (Å²) in [6.45, 7) is 7.27. The van der Waals surface area contributed by atoms with E-state index in [9.17, 15) is 9.59 Å². The lowest BCUT2D eigenvalue weighted by molar-refractivity contribution is -0.132. The van der Waals surface area contributed by atoms with Crippen LogP contribution < -0.4 is 15.6 Å². The molecule has 0 bridgehead atoms. The molecular formula is C18H24N4O4. The summed E-state index contributed by atoms with van der Waals surface area (Å²) in [6, 6.07) is 5.65. The molecule has 0 fully saturated rings. The highest BCUT2D eigenvalue weighted by Crippen LogP contribution is 2.21. The van der Waals surface area contributed by atoms with Crippen molar-refractivity contribution in [2.45, 2.75) is 53.1 Å². The van der Waals surface area contributed by atoms with E-state index in [1.165, 1.54) is 0 Å². The molecule has 2 aromatic rings. The smallest absolute Gasteiger partial charge is 0.279 e. The Bertz CT molecular complexity index is 772. The van der Waals surface area contributed by atoms with Crippen molar-refractivity contribution in [3.63, 3.8) is 0 Å². The zero-order valence-electron chi connectivity index (χ0n) is 15.5. The van der Waals surface area contributed by atoms with Crippen LogP contribution in [0, 0.1) is 20.8 Å². The quantitative estimate of drug-likeness (QED) is 0.731. The second-order valence-corrected chi connectivity index (χ2v) is 6.08. The summed E-state index contributed by atoms with van der Waals surface area (Å²) in [7, 11) is 0. The van der Waals surface area contributed by atoms with E-state index in [0.717, 1.165) is 11.1 Å². The third-order valence-corrected chi connectivity index (χ3v) is 3.92. The Labute approximate surface area is 152 Å². The van der Waals surface area contributed by atoms with E-state index >= 15 is 0 Å². The molecule has 0 spiro atoms. The zero-order valence-corrected chi connectivity index (χ0v) is 15.5. The fourth-order valence-electron chi connectivity index (χ4n) is 2.23. The van der Waals surface area contributed by atoms with Gasteiger partial charge in [-0.1, -0.05) is 17.3 Å².